The highest BCUT2D eigenvalue weighted by molar-refractivity contribution is 14.2. The molecule has 2 N–H and O–H groups in total. The van der Waals surface area contributed by atoms with Crippen molar-refractivity contribution in [1.29, 1.82) is 0 Å². The fraction of sp³-hybridized carbons (Fsp3) is 0.500. The first-order valence-corrected chi connectivity index (χ1v) is 9.27. The van der Waals surface area contributed by atoms with E-state index in [-0.39, 0.29) is 0 Å². The number of benzene rings is 1. The van der Waals surface area contributed by atoms with Crippen molar-refractivity contribution in [2.75, 3.05) is 5.73 Å². The summed E-state index contributed by atoms with van der Waals surface area (Å²) in [4.78, 5) is 0.812. The molecule has 2 rings (SSSR count). The summed E-state index contributed by atoms with van der Waals surface area (Å²) in [5, 5.41) is 0. The van der Waals surface area contributed by atoms with Crippen molar-refractivity contribution in [3.63, 3.8) is 0 Å². The SMILES string of the molecule is CC1(C)OB(c2cc(SI)c(N)cc2F)OC1(C)C. The zero-order chi connectivity index (χ0) is 14.4. The lowest BCUT2D eigenvalue weighted by atomic mass is 9.78. The van der Waals surface area contributed by atoms with Crippen molar-refractivity contribution >= 4 is 48.4 Å². The van der Waals surface area contributed by atoms with Crippen molar-refractivity contribution in [1.82, 2.24) is 0 Å². The van der Waals surface area contributed by atoms with Crippen molar-refractivity contribution < 1.29 is 13.7 Å². The molecule has 0 atom stereocenters. The standard InChI is InChI=1S/C12H16BFINO2S/c1-11(2)12(3,4)18-13(17-11)7-5-10(19-15)9(16)6-8(7)14/h5-6H,16H2,1-4H3. The Morgan fingerprint density at radius 1 is 1.21 bits per heavy atom. The molecular formula is C12H16BFINO2S. The summed E-state index contributed by atoms with van der Waals surface area (Å²) in [6, 6.07) is 3.02. The van der Waals surface area contributed by atoms with E-state index in [1.54, 1.807) is 6.07 Å². The first kappa shape index (κ1) is 15.4. The fourth-order valence-corrected chi connectivity index (χ4v) is 3.27. The van der Waals surface area contributed by atoms with Gasteiger partial charge in [-0.3, -0.25) is 0 Å². The van der Waals surface area contributed by atoms with E-state index < -0.39 is 24.1 Å². The smallest absolute Gasteiger partial charge is 0.399 e. The minimum atomic E-state index is -0.701. The van der Waals surface area contributed by atoms with E-state index in [0.29, 0.717) is 11.2 Å². The third kappa shape index (κ3) is 2.75. The molecule has 0 spiro atoms. The molecule has 1 fully saturated rings. The van der Waals surface area contributed by atoms with Crippen LogP contribution in [0, 0.1) is 5.82 Å². The van der Waals surface area contributed by atoms with Gasteiger partial charge in [-0.25, -0.2) is 4.39 Å². The van der Waals surface area contributed by atoms with Gasteiger partial charge in [0.2, 0.25) is 0 Å². The number of hydrogen-bond acceptors (Lipinski definition) is 4. The van der Waals surface area contributed by atoms with Gasteiger partial charge in [0.25, 0.3) is 0 Å². The molecule has 0 amide bonds. The van der Waals surface area contributed by atoms with Gasteiger partial charge in [-0.1, -0.05) is 8.93 Å². The van der Waals surface area contributed by atoms with Crippen LogP contribution in [-0.4, -0.2) is 18.3 Å². The minimum Gasteiger partial charge on any atom is -0.399 e. The summed E-state index contributed by atoms with van der Waals surface area (Å²) in [5.41, 5.74) is 5.62. The summed E-state index contributed by atoms with van der Waals surface area (Å²) in [6.07, 6.45) is 0. The van der Waals surface area contributed by atoms with Crippen LogP contribution in [0.1, 0.15) is 27.7 Å². The van der Waals surface area contributed by atoms with Crippen molar-refractivity contribution in [2.45, 2.75) is 43.8 Å². The highest BCUT2D eigenvalue weighted by Gasteiger charge is 2.52. The fourth-order valence-electron chi connectivity index (χ4n) is 1.80. The summed E-state index contributed by atoms with van der Waals surface area (Å²) in [7, 11) is 0.743. The number of anilines is 1. The normalized spacial score (nSPS) is 20.8. The van der Waals surface area contributed by atoms with Crippen LogP contribution in [0.15, 0.2) is 17.0 Å². The topological polar surface area (TPSA) is 44.5 Å². The molecule has 0 aliphatic carbocycles. The Bertz CT molecular complexity index is 497. The van der Waals surface area contributed by atoms with E-state index in [2.05, 4.69) is 21.2 Å². The molecular weight excluding hydrogens is 379 g/mol. The van der Waals surface area contributed by atoms with Crippen LogP contribution < -0.4 is 11.2 Å². The van der Waals surface area contributed by atoms with Crippen LogP contribution in [0.3, 0.4) is 0 Å². The van der Waals surface area contributed by atoms with E-state index in [1.807, 2.05) is 27.7 Å². The Kier molecular flexibility index (Phi) is 4.13. The molecule has 19 heavy (non-hydrogen) atoms. The maximum atomic E-state index is 14.1. The molecule has 1 aromatic carbocycles. The van der Waals surface area contributed by atoms with Gasteiger partial charge in [0, 0.05) is 37.3 Å². The van der Waals surface area contributed by atoms with Gasteiger partial charge in [-0.2, -0.15) is 0 Å². The second-order valence-corrected chi connectivity index (χ2v) is 7.49. The second-order valence-electron chi connectivity index (χ2n) is 5.58. The average Bonchev–Trinajstić information content (AvgIpc) is 2.48. The molecule has 1 heterocycles. The Labute approximate surface area is 129 Å². The molecule has 104 valence electrons. The molecule has 3 nitrogen and oxygen atoms in total. The maximum absolute atomic E-state index is 14.1. The highest BCUT2D eigenvalue weighted by atomic mass is 127. The lowest BCUT2D eigenvalue weighted by molar-refractivity contribution is 0.00578. The van der Waals surface area contributed by atoms with E-state index >= 15 is 0 Å². The van der Waals surface area contributed by atoms with Crippen molar-refractivity contribution in [2.24, 2.45) is 0 Å². The van der Waals surface area contributed by atoms with Gasteiger partial charge < -0.3 is 15.0 Å². The van der Waals surface area contributed by atoms with E-state index in [9.17, 15) is 4.39 Å². The summed E-state index contributed by atoms with van der Waals surface area (Å²) >= 11 is 2.12. The third-order valence-electron chi connectivity index (χ3n) is 3.72. The summed E-state index contributed by atoms with van der Waals surface area (Å²) < 4.78 is 25.8. The van der Waals surface area contributed by atoms with Crippen LogP contribution in [0.4, 0.5) is 10.1 Å². The Hall–Kier alpha value is 0.0149. The maximum Gasteiger partial charge on any atom is 0.497 e. The van der Waals surface area contributed by atoms with Crippen molar-refractivity contribution in [3.05, 3.63) is 17.9 Å². The van der Waals surface area contributed by atoms with Crippen molar-refractivity contribution in [3.8, 4) is 0 Å². The van der Waals surface area contributed by atoms with Crippen LogP contribution in [0.5, 0.6) is 0 Å². The third-order valence-corrected chi connectivity index (χ3v) is 5.66. The minimum absolute atomic E-state index is 0.395. The lowest BCUT2D eigenvalue weighted by Crippen LogP contribution is -2.41. The van der Waals surface area contributed by atoms with E-state index in [0.717, 1.165) is 4.90 Å². The largest absolute Gasteiger partial charge is 0.497 e. The molecule has 0 radical (unpaired) electrons. The average molecular weight is 395 g/mol. The second kappa shape index (κ2) is 5.09. The predicted octanol–water partition coefficient (Wildman–Crippen LogP) is 3.15. The van der Waals surface area contributed by atoms with Gasteiger partial charge in [0.15, 0.2) is 0 Å². The highest BCUT2D eigenvalue weighted by Crippen LogP contribution is 2.37. The number of hydrogen-bond donors (Lipinski definition) is 1. The number of halogens is 2. The first-order chi connectivity index (χ1) is 8.68. The molecule has 1 aliphatic rings. The summed E-state index contributed by atoms with van der Waals surface area (Å²) in [5.74, 6) is -0.398. The molecule has 1 aliphatic heterocycles. The van der Waals surface area contributed by atoms with E-state index in [1.165, 1.54) is 15.0 Å². The predicted molar refractivity (Wildman–Crippen MR) is 86.4 cm³/mol. The van der Waals surface area contributed by atoms with Gasteiger partial charge in [0.05, 0.1) is 11.2 Å². The molecule has 0 aromatic heterocycles. The Morgan fingerprint density at radius 3 is 2.21 bits per heavy atom. The number of nitrogen functional groups attached to an aromatic ring is 1. The molecule has 0 saturated carbocycles. The van der Waals surface area contributed by atoms with Crippen LogP contribution in [-0.2, 0) is 9.31 Å². The molecule has 7 heteroatoms. The first-order valence-electron chi connectivity index (χ1n) is 5.91. The van der Waals surface area contributed by atoms with Gasteiger partial charge in [0.1, 0.15) is 5.82 Å². The number of rotatable bonds is 2. The monoisotopic (exact) mass is 395 g/mol. The molecule has 1 aromatic rings. The van der Waals surface area contributed by atoms with Gasteiger partial charge in [-0.15, -0.1) is 0 Å². The molecule has 1 saturated heterocycles. The summed E-state index contributed by atoms with van der Waals surface area (Å²) in [6.45, 7) is 7.76. The molecule has 0 bridgehead atoms. The zero-order valence-corrected chi connectivity index (χ0v) is 14.3. The zero-order valence-electron chi connectivity index (χ0n) is 11.3. The van der Waals surface area contributed by atoms with Crippen LogP contribution in [0.25, 0.3) is 0 Å². The molecule has 0 unspecified atom stereocenters. The van der Waals surface area contributed by atoms with Gasteiger partial charge in [-0.05, 0) is 39.8 Å². The lowest BCUT2D eigenvalue weighted by Gasteiger charge is -2.32. The number of nitrogens with two attached hydrogens (primary N) is 1. The quantitative estimate of drug-likeness (QED) is 0.475. The Morgan fingerprint density at radius 2 is 1.74 bits per heavy atom. The van der Waals surface area contributed by atoms with Crippen LogP contribution >= 0.6 is 30.1 Å². The van der Waals surface area contributed by atoms with Crippen LogP contribution in [0.2, 0.25) is 0 Å². The Balaban J connectivity index is 2.39. The van der Waals surface area contributed by atoms with E-state index in [4.69, 9.17) is 15.0 Å². The van der Waals surface area contributed by atoms with Gasteiger partial charge >= 0.3 is 7.12 Å².